The maximum atomic E-state index is 12.7. The highest BCUT2D eigenvalue weighted by molar-refractivity contribution is 9.28. The SMILES string of the molecule is CC(C)c1cc(Oc2ncc(C(F)(F)F)cc2Cl)ccc1OCC=C(Br)Br. The summed E-state index contributed by atoms with van der Waals surface area (Å²) in [5.74, 6) is 1.12. The van der Waals surface area contributed by atoms with Gasteiger partial charge in [-0.1, -0.05) is 25.4 Å². The second kappa shape index (κ2) is 9.30. The van der Waals surface area contributed by atoms with Crippen LogP contribution in [0, 0.1) is 0 Å². The fraction of sp³-hybridized carbons (Fsp3) is 0.278. The Kier molecular flexibility index (Phi) is 7.59. The lowest BCUT2D eigenvalue weighted by Crippen LogP contribution is -2.06. The molecule has 0 amide bonds. The highest BCUT2D eigenvalue weighted by Gasteiger charge is 2.31. The molecule has 0 aliphatic rings. The van der Waals surface area contributed by atoms with Crippen molar-refractivity contribution in [1.82, 2.24) is 4.98 Å². The van der Waals surface area contributed by atoms with Crippen molar-refractivity contribution in [1.29, 1.82) is 0 Å². The Hall–Kier alpha value is -1.25. The molecule has 2 rings (SSSR count). The highest BCUT2D eigenvalue weighted by atomic mass is 79.9. The quantitative estimate of drug-likeness (QED) is 0.385. The minimum absolute atomic E-state index is 0.0980. The number of rotatable bonds is 6. The third kappa shape index (κ3) is 6.40. The summed E-state index contributed by atoms with van der Waals surface area (Å²) in [6, 6.07) is 5.92. The molecule has 0 aliphatic heterocycles. The van der Waals surface area contributed by atoms with Gasteiger partial charge in [-0.05, 0) is 68.1 Å². The van der Waals surface area contributed by atoms with Gasteiger partial charge in [0.15, 0.2) is 0 Å². The molecule has 0 atom stereocenters. The molecule has 146 valence electrons. The molecule has 27 heavy (non-hydrogen) atoms. The summed E-state index contributed by atoms with van der Waals surface area (Å²) in [5, 5.41) is -0.219. The second-order valence-corrected chi connectivity index (χ2v) is 8.95. The first-order valence-corrected chi connectivity index (χ1v) is 9.73. The number of halogens is 6. The average Bonchev–Trinajstić information content (AvgIpc) is 2.56. The molecule has 0 spiro atoms. The Bertz CT molecular complexity index is 838. The topological polar surface area (TPSA) is 31.4 Å². The maximum Gasteiger partial charge on any atom is 0.417 e. The van der Waals surface area contributed by atoms with Gasteiger partial charge >= 0.3 is 6.18 Å². The third-order valence-corrected chi connectivity index (χ3v) is 4.35. The fourth-order valence-corrected chi connectivity index (χ4v) is 2.60. The summed E-state index contributed by atoms with van der Waals surface area (Å²) in [7, 11) is 0. The summed E-state index contributed by atoms with van der Waals surface area (Å²) in [6.07, 6.45) is -2.02. The summed E-state index contributed by atoms with van der Waals surface area (Å²) in [4.78, 5) is 3.68. The largest absolute Gasteiger partial charge is 0.489 e. The average molecular weight is 530 g/mol. The molecule has 1 aromatic carbocycles. The first kappa shape index (κ1) is 22.0. The van der Waals surface area contributed by atoms with E-state index in [1.54, 1.807) is 24.3 Å². The lowest BCUT2D eigenvalue weighted by atomic mass is 10.0. The first-order valence-electron chi connectivity index (χ1n) is 7.76. The van der Waals surface area contributed by atoms with Crippen molar-refractivity contribution in [3.05, 3.63) is 56.1 Å². The monoisotopic (exact) mass is 527 g/mol. The van der Waals surface area contributed by atoms with Crippen LogP contribution < -0.4 is 9.47 Å². The van der Waals surface area contributed by atoms with Crippen molar-refractivity contribution in [2.75, 3.05) is 6.61 Å². The van der Waals surface area contributed by atoms with Crippen molar-refractivity contribution in [2.24, 2.45) is 0 Å². The number of pyridine rings is 1. The number of ether oxygens (including phenoxy) is 2. The predicted octanol–water partition coefficient (Wildman–Crippen LogP) is 7.68. The molecule has 0 saturated carbocycles. The highest BCUT2D eigenvalue weighted by Crippen LogP contribution is 2.36. The smallest absolute Gasteiger partial charge is 0.417 e. The van der Waals surface area contributed by atoms with Crippen LogP contribution >= 0.6 is 43.5 Å². The molecule has 0 unspecified atom stereocenters. The Balaban J connectivity index is 2.24. The van der Waals surface area contributed by atoms with Crippen LogP contribution in [0.4, 0.5) is 13.2 Å². The Morgan fingerprint density at radius 3 is 2.52 bits per heavy atom. The Labute approximate surface area is 176 Å². The molecule has 9 heteroatoms. The van der Waals surface area contributed by atoms with Gasteiger partial charge < -0.3 is 9.47 Å². The first-order chi connectivity index (χ1) is 12.6. The van der Waals surface area contributed by atoms with Crippen LogP contribution in [0.15, 0.2) is 39.9 Å². The molecular weight excluding hydrogens is 514 g/mol. The van der Waals surface area contributed by atoms with Crippen LogP contribution in [0.25, 0.3) is 0 Å². The molecule has 0 bridgehead atoms. The molecule has 0 radical (unpaired) electrons. The molecule has 0 aliphatic carbocycles. The van der Waals surface area contributed by atoms with Crippen LogP contribution in [0.5, 0.6) is 17.4 Å². The maximum absolute atomic E-state index is 12.7. The van der Waals surface area contributed by atoms with E-state index in [2.05, 4.69) is 36.8 Å². The van der Waals surface area contributed by atoms with Gasteiger partial charge in [-0.2, -0.15) is 13.2 Å². The lowest BCUT2D eigenvalue weighted by molar-refractivity contribution is -0.137. The van der Waals surface area contributed by atoms with E-state index < -0.39 is 11.7 Å². The van der Waals surface area contributed by atoms with Crippen molar-refractivity contribution in [2.45, 2.75) is 25.9 Å². The van der Waals surface area contributed by atoms with Gasteiger partial charge in [0.05, 0.1) is 8.96 Å². The molecule has 0 N–H and O–H groups in total. The van der Waals surface area contributed by atoms with Crippen molar-refractivity contribution in [3.8, 4) is 17.4 Å². The minimum Gasteiger partial charge on any atom is -0.489 e. The van der Waals surface area contributed by atoms with Crippen LogP contribution in [0.1, 0.15) is 30.9 Å². The van der Waals surface area contributed by atoms with Crippen LogP contribution in [-0.4, -0.2) is 11.6 Å². The number of aromatic nitrogens is 1. The summed E-state index contributed by atoms with van der Waals surface area (Å²) >= 11 is 12.4. The lowest BCUT2D eigenvalue weighted by Gasteiger charge is -2.15. The van der Waals surface area contributed by atoms with Crippen molar-refractivity contribution < 1.29 is 22.6 Å². The van der Waals surface area contributed by atoms with Crippen LogP contribution in [0.3, 0.4) is 0 Å². The molecule has 0 saturated heterocycles. The standard InChI is InChI=1S/C18H15Br2ClF3NO2/c1-10(2)13-8-12(3-4-15(13)26-6-5-16(19)20)27-17-14(21)7-11(9-25-17)18(22,23)24/h3-5,7-10H,6H2,1-2H3. The van der Waals surface area contributed by atoms with E-state index >= 15 is 0 Å². The second-order valence-electron chi connectivity index (χ2n) is 5.77. The zero-order chi connectivity index (χ0) is 20.2. The van der Waals surface area contributed by atoms with Gasteiger partial charge in [0.2, 0.25) is 5.88 Å². The van der Waals surface area contributed by atoms with Gasteiger partial charge in [-0.25, -0.2) is 4.98 Å². The summed E-state index contributed by atoms with van der Waals surface area (Å²) < 4.78 is 50.2. The van der Waals surface area contributed by atoms with Gasteiger partial charge in [-0.15, -0.1) is 0 Å². The van der Waals surface area contributed by atoms with E-state index in [0.717, 1.165) is 15.0 Å². The fourth-order valence-electron chi connectivity index (χ4n) is 2.13. The normalized spacial score (nSPS) is 11.4. The van der Waals surface area contributed by atoms with Crippen LogP contribution in [0.2, 0.25) is 5.02 Å². The number of alkyl halides is 3. The van der Waals surface area contributed by atoms with Gasteiger partial charge in [0.25, 0.3) is 0 Å². The number of benzene rings is 1. The zero-order valence-corrected chi connectivity index (χ0v) is 18.2. The van der Waals surface area contributed by atoms with E-state index in [0.29, 0.717) is 24.3 Å². The van der Waals surface area contributed by atoms with Crippen molar-refractivity contribution >= 4 is 43.5 Å². The predicted molar refractivity (Wildman–Crippen MR) is 106 cm³/mol. The molecule has 1 aromatic heterocycles. The van der Waals surface area contributed by atoms with E-state index in [9.17, 15) is 13.2 Å². The zero-order valence-electron chi connectivity index (χ0n) is 14.3. The van der Waals surface area contributed by atoms with E-state index in [1.807, 2.05) is 13.8 Å². The molecule has 0 fully saturated rings. The Morgan fingerprint density at radius 2 is 1.96 bits per heavy atom. The number of hydrogen-bond acceptors (Lipinski definition) is 3. The number of nitrogens with zero attached hydrogens (tertiary/aromatic N) is 1. The van der Waals surface area contributed by atoms with Crippen LogP contribution in [-0.2, 0) is 6.18 Å². The van der Waals surface area contributed by atoms with E-state index in [1.165, 1.54) is 0 Å². The van der Waals surface area contributed by atoms with Gasteiger partial charge in [0.1, 0.15) is 23.1 Å². The van der Waals surface area contributed by atoms with E-state index in [4.69, 9.17) is 21.1 Å². The molecule has 1 heterocycles. The molecule has 2 aromatic rings. The van der Waals surface area contributed by atoms with Gasteiger partial charge in [0, 0.05) is 11.8 Å². The number of hydrogen-bond donors (Lipinski definition) is 0. The third-order valence-electron chi connectivity index (χ3n) is 3.43. The van der Waals surface area contributed by atoms with Gasteiger partial charge in [-0.3, -0.25) is 0 Å². The van der Waals surface area contributed by atoms with E-state index in [-0.39, 0.29) is 16.8 Å². The molecule has 3 nitrogen and oxygen atoms in total. The minimum atomic E-state index is -4.52. The summed E-state index contributed by atoms with van der Waals surface area (Å²) in [5.41, 5.74) is -0.0490. The summed E-state index contributed by atoms with van der Waals surface area (Å²) in [6.45, 7) is 4.34. The Morgan fingerprint density at radius 1 is 1.26 bits per heavy atom. The molecular formula is C18H15Br2ClF3NO2. The van der Waals surface area contributed by atoms with Crippen molar-refractivity contribution in [3.63, 3.8) is 0 Å².